The molecule has 0 aliphatic rings. The Morgan fingerprint density at radius 2 is 1.52 bits per heavy atom. The van der Waals surface area contributed by atoms with Crippen LogP contribution in [0, 0.1) is 0 Å². The predicted octanol–water partition coefficient (Wildman–Crippen LogP) is 4.36. The second-order valence-corrected chi connectivity index (χ2v) is 9.34. The second-order valence-electron chi connectivity index (χ2n) is 7.48. The minimum absolute atomic E-state index is 0.114. The highest BCUT2D eigenvalue weighted by atomic mass is 32.2. The van der Waals surface area contributed by atoms with Crippen molar-refractivity contribution >= 4 is 32.4 Å². The van der Waals surface area contributed by atoms with E-state index in [2.05, 4.69) is 5.32 Å². The van der Waals surface area contributed by atoms with Crippen molar-refractivity contribution in [2.75, 3.05) is 18.0 Å². The molecule has 1 amide bonds. The lowest BCUT2D eigenvalue weighted by Gasteiger charge is -2.24. The number of carbonyl (C=O) groups excluding carboxylic acids is 1. The highest BCUT2D eigenvalue weighted by Crippen LogP contribution is 2.25. The molecule has 7 heteroatoms. The molecule has 0 aliphatic carbocycles. The fraction of sp³-hybridized carbons (Fsp3) is 0.115. The highest BCUT2D eigenvalue weighted by molar-refractivity contribution is 7.92. The monoisotopic (exact) mass is 460 g/mol. The van der Waals surface area contributed by atoms with E-state index < -0.39 is 15.9 Å². The first-order chi connectivity index (χ1) is 16.0. The summed E-state index contributed by atoms with van der Waals surface area (Å²) < 4.78 is 33.0. The molecule has 1 N–H and O–H groups in total. The summed E-state index contributed by atoms with van der Waals surface area (Å²) in [7, 11) is -2.41. The summed E-state index contributed by atoms with van der Waals surface area (Å²) in [4.78, 5) is 12.9. The van der Waals surface area contributed by atoms with Gasteiger partial charge in [-0.2, -0.15) is 0 Å². The first kappa shape index (κ1) is 22.4. The van der Waals surface area contributed by atoms with Gasteiger partial charge in [-0.05, 0) is 58.8 Å². The third-order valence-corrected chi connectivity index (χ3v) is 7.07. The summed E-state index contributed by atoms with van der Waals surface area (Å²) in [6.07, 6.45) is 0. The van der Waals surface area contributed by atoms with Crippen molar-refractivity contribution < 1.29 is 17.9 Å². The summed E-state index contributed by atoms with van der Waals surface area (Å²) in [6, 6.07) is 28.6. The van der Waals surface area contributed by atoms with Crippen molar-refractivity contribution in [1.82, 2.24) is 5.32 Å². The van der Waals surface area contributed by atoms with Gasteiger partial charge in [0.15, 0.2) is 0 Å². The van der Waals surface area contributed by atoms with Crippen LogP contribution in [-0.2, 0) is 21.4 Å². The van der Waals surface area contributed by atoms with Crippen LogP contribution in [-0.4, -0.2) is 28.0 Å². The Morgan fingerprint density at radius 1 is 0.848 bits per heavy atom. The maximum absolute atomic E-state index is 13.4. The largest absolute Gasteiger partial charge is 0.497 e. The molecule has 4 rings (SSSR count). The number of carbonyl (C=O) groups is 1. The van der Waals surface area contributed by atoms with Gasteiger partial charge in [-0.15, -0.1) is 0 Å². The van der Waals surface area contributed by atoms with Crippen molar-refractivity contribution in [2.45, 2.75) is 11.4 Å². The van der Waals surface area contributed by atoms with Gasteiger partial charge in [-0.3, -0.25) is 9.10 Å². The summed E-state index contributed by atoms with van der Waals surface area (Å²) >= 11 is 0. The number of hydrogen-bond donors (Lipinski definition) is 1. The zero-order chi connectivity index (χ0) is 23.3. The van der Waals surface area contributed by atoms with Crippen molar-refractivity contribution in [2.24, 2.45) is 0 Å². The number of benzene rings is 4. The molecule has 0 saturated heterocycles. The highest BCUT2D eigenvalue weighted by Gasteiger charge is 2.27. The van der Waals surface area contributed by atoms with Gasteiger partial charge in [0, 0.05) is 6.54 Å². The molecule has 0 fully saturated rings. The lowest BCUT2D eigenvalue weighted by molar-refractivity contribution is -0.119. The van der Waals surface area contributed by atoms with Crippen LogP contribution >= 0.6 is 0 Å². The number of fused-ring (bicyclic) bond motifs is 1. The Kier molecular flexibility index (Phi) is 6.60. The van der Waals surface area contributed by atoms with E-state index >= 15 is 0 Å². The number of anilines is 1. The molecular weight excluding hydrogens is 436 g/mol. The third kappa shape index (κ3) is 5.15. The van der Waals surface area contributed by atoms with Gasteiger partial charge in [0.1, 0.15) is 12.3 Å². The van der Waals surface area contributed by atoms with Crippen molar-refractivity contribution in [3.63, 3.8) is 0 Å². The Bertz CT molecular complexity index is 1350. The van der Waals surface area contributed by atoms with Crippen LogP contribution in [0.2, 0.25) is 0 Å². The van der Waals surface area contributed by atoms with Gasteiger partial charge in [-0.25, -0.2) is 8.42 Å². The smallest absolute Gasteiger partial charge is 0.264 e. The third-order valence-electron chi connectivity index (χ3n) is 5.28. The number of sulfonamides is 1. The van der Waals surface area contributed by atoms with E-state index in [4.69, 9.17) is 4.74 Å². The minimum Gasteiger partial charge on any atom is -0.497 e. The molecule has 0 aliphatic heterocycles. The van der Waals surface area contributed by atoms with Crippen LogP contribution in [0.15, 0.2) is 102 Å². The fourth-order valence-electron chi connectivity index (χ4n) is 3.52. The van der Waals surface area contributed by atoms with Gasteiger partial charge in [0.2, 0.25) is 5.91 Å². The first-order valence-electron chi connectivity index (χ1n) is 10.4. The predicted molar refractivity (Wildman–Crippen MR) is 130 cm³/mol. The molecule has 0 bridgehead atoms. The lowest BCUT2D eigenvalue weighted by atomic mass is 10.1. The number of methoxy groups -OCH3 is 1. The van der Waals surface area contributed by atoms with E-state index in [0.29, 0.717) is 18.0 Å². The molecule has 0 spiro atoms. The molecule has 0 unspecified atom stereocenters. The van der Waals surface area contributed by atoms with E-state index in [1.165, 1.54) is 19.2 Å². The average Bonchev–Trinajstić information content (AvgIpc) is 2.86. The first-order valence-corrected chi connectivity index (χ1v) is 11.9. The molecule has 6 nitrogen and oxygen atoms in total. The van der Waals surface area contributed by atoms with Crippen LogP contribution in [0.3, 0.4) is 0 Å². The normalized spacial score (nSPS) is 11.2. The SMILES string of the molecule is COc1ccc(N(CC(=O)NCc2ccc3ccccc3c2)S(=O)(=O)c2ccccc2)cc1. The van der Waals surface area contributed by atoms with E-state index in [9.17, 15) is 13.2 Å². The maximum atomic E-state index is 13.4. The van der Waals surface area contributed by atoms with Crippen LogP contribution in [0.25, 0.3) is 10.8 Å². The standard InChI is InChI=1S/C26H24N2O4S/c1-32-24-15-13-23(14-16-24)28(33(30,31)25-9-3-2-4-10-25)19-26(29)27-18-20-11-12-21-7-5-6-8-22(21)17-20/h2-17H,18-19H2,1H3,(H,27,29). The number of ether oxygens (including phenoxy) is 1. The van der Waals surface area contributed by atoms with Gasteiger partial charge in [-0.1, -0.05) is 54.6 Å². The Hall–Kier alpha value is -3.84. The Morgan fingerprint density at radius 3 is 2.21 bits per heavy atom. The van der Waals surface area contributed by atoms with Gasteiger partial charge in [0.25, 0.3) is 10.0 Å². The number of rotatable bonds is 8. The van der Waals surface area contributed by atoms with E-state index in [1.807, 2.05) is 42.5 Å². The quantitative estimate of drug-likeness (QED) is 0.424. The minimum atomic E-state index is -3.95. The molecular formula is C26H24N2O4S. The van der Waals surface area contributed by atoms with Gasteiger partial charge in [0.05, 0.1) is 17.7 Å². The van der Waals surface area contributed by atoms with Gasteiger partial charge < -0.3 is 10.1 Å². The van der Waals surface area contributed by atoms with Crippen LogP contribution in [0.1, 0.15) is 5.56 Å². The maximum Gasteiger partial charge on any atom is 0.264 e. The zero-order valence-corrected chi connectivity index (χ0v) is 19.0. The summed E-state index contributed by atoms with van der Waals surface area (Å²) in [5, 5.41) is 5.04. The summed E-state index contributed by atoms with van der Waals surface area (Å²) in [5.41, 5.74) is 1.31. The Labute approximate surface area is 193 Å². The fourth-order valence-corrected chi connectivity index (χ4v) is 4.96. The molecule has 0 radical (unpaired) electrons. The summed E-state index contributed by atoms with van der Waals surface area (Å²) in [6.45, 7) is -0.0529. The van der Waals surface area contributed by atoms with E-state index in [1.54, 1.807) is 42.5 Å². The molecule has 168 valence electrons. The van der Waals surface area contributed by atoms with Crippen LogP contribution in [0.5, 0.6) is 5.75 Å². The molecule has 0 saturated carbocycles. The Balaban J connectivity index is 1.55. The second kappa shape index (κ2) is 9.75. The average molecular weight is 461 g/mol. The lowest BCUT2D eigenvalue weighted by Crippen LogP contribution is -2.40. The molecule has 0 heterocycles. The number of amides is 1. The summed E-state index contributed by atoms with van der Waals surface area (Å²) in [5.74, 6) is 0.190. The molecule has 33 heavy (non-hydrogen) atoms. The number of hydrogen-bond acceptors (Lipinski definition) is 4. The van der Waals surface area contributed by atoms with Crippen molar-refractivity contribution in [3.8, 4) is 5.75 Å². The zero-order valence-electron chi connectivity index (χ0n) is 18.1. The number of nitrogens with one attached hydrogen (secondary N) is 1. The van der Waals surface area contributed by atoms with E-state index in [-0.39, 0.29) is 11.4 Å². The molecule has 4 aromatic rings. The van der Waals surface area contributed by atoms with Crippen LogP contribution in [0.4, 0.5) is 5.69 Å². The topological polar surface area (TPSA) is 75.7 Å². The van der Waals surface area contributed by atoms with Crippen molar-refractivity contribution in [3.05, 3.63) is 103 Å². The van der Waals surface area contributed by atoms with Crippen molar-refractivity contribution in [1.29, 1.82) is 0 Å². The molecule has 0 aromatic heterocycles. The van der Waals surface area contributed by atoms with E-state index in [0.717, 1.165) is 20.6 Å². The van der Waals surface area contributed by atoms with Crippen LogP contribution < -0.4 is 14.4 Å². The molecule has 4 aromatic carbocycles. The van der Waals surface area contributed by atoms with Gasteiger partial charge >= 0.3 is 0 Å². The molecule has 0 atom stereocenters. The number of nitrogens with zero attached hydrogens (tertiary/aromatic N) is 1.